The summed E-state index contributed by atoms with van der Waals surface area (Å²) in [6.07, 6.45) is 7.60. The summed E-state index contributed by atoms with van der Waals surface area (Å²) in [6, 6.07) is 6.84. The number of carbonyl (C=O) groups is 4. The number of rotatable bonds is 14. The Bertz CT molecular complexity index is 835. The molecule has 0 fully saturated rings. The van der Waals surface area contributed by atoms with Crippen molar-refractivity contribution >= 4 is 29.6 Å². The van der Waals surface area contributed by atoms with Gasteiger partial charge in [-0.3, -0.25) is 14.4 Å². The fourth-order valence-corrected chi connectivity index (χ4v) is 3.59. The van der Waals surface area contributed by atoms with Crippen LogP contribution in [0.4, 0.5) is 5.69 Å². The first-order valence-electron chi connectivity index (χ1n) is 11.2. The van der Waals surface area contributed by atoms with E-state index in [-0.39, 0.29) is 24.9 Å². The number of carbonyl (C=O) groups excluding carboxylic acids is 4. The van der Waals surface area contributed by atoms with E-state index in [1.54, 1.807) is 24.3 Å². The van der Waals surface area contributed by atoms with Gasteiger partial charge in [-0.2, -0.15) is 0 Å². The fraction of sp³-hybridized carbons (Fsp3) is 0.500. The maximum Gasteiger partial charge on any atom is 0.250 e. The van der Waals surface area contributed by atoms with Crippen LogP contribution >= 0.6 is 0 Å². The summed E-state index contributed by atoms with van der Waals surface area (Å²) in [5.74, 6) is -0.713. The number of aldehydes is 1. The van der Waals surface area contributed by atoms with Crippen LogP contribution in [0.2, 0.25) is 0 Å². The SMILES string of the molecule is CNC1=C(C(=O)c2cccc(NC(=O)COCC(=O)NCCCCCC=O)c2)CCCC1. The molecule has 8 heteroatoms. The molecule has 1 aromatic carbocycles. The Morgan fingerprint density at radius 3 is 2.59 bits per heavy atom. The lowest BCUT2D eigenvalue weighted by Gasteiger charge is -2.19. The maximum absolute atomic E-state index is 12.9. The third kappa shape index (κ3) is 8.63. The number of ether oxygens (including phenoxy) is 1. The molecule has 1 aliphatic rings. The van der Waals surface area contributed by atoms with Gasteiger partial charge in [0.05, 0.1) is 0 Å². The molecule has 0 aromatic heterocycles. The molecule has 1 aromatic rings. The second kappa shape index (κ2) is 14.1. The molecule has 32 heavy (non-hydrogen) atoms. The Kier molecular flexibility index (Phi) is 11.2. The molecule has 0 radical (unpaired) electrons. The van der Waals surface area contributed by atoms with Crippen LogP contribution < -0.4 is 16.0 Å². The predicted octanol–water partition coefficient (Wildman–Crippen LogP) is 2.75. The van der Waals surface area contributed by atoms with E-state index in [0.717, 1.165) is 62.5 Å². The largest absolute Gasteiger partial charge is 0.391 e. The molecule has 174 valence electrons. The minimum atomic E-state index is -0.399. The molecule has 3 N–H and O–H groups in total. The third-order valence-electron chi connectivity index (χ3n) is 5.24. The van der Waals surface area contributed by atoms with E-state index < -0.39 is 5.91 Å². The minimum absolute atomic E-state index is 0.0239. The van der Waals surface area contributed by atoms with Crippen molar-refractivity contribution in [2.45, 2.75) is 51.4 Å². The molecule has 0 heterocycles. The highest BCUT2D eigenvalue weighted by atomic mass is 16.5. The van der Waals surface area contributed by atoms with Crippen LogP contribution in [-0.4, -0.2) is 50.7 Å². The average molecular weight is 444 g/mol. The normalized spacial score (nSPS) is 13.4. The van der Waals surface area contributed by atoms with Gasteiger partial charge in [0.2, 0.25) is 11.8 Å². The van der Waals surface area contributed by atoms with Gasteiger partial charge < -0.3 is 25.5 Å². The number of unbranched alkanes of at least 4 members (excludes halogenated alkanes) is 3. The lowest BCUT2D eigenvalue weighted by Crippen LogP contribution is -2.30. The summed E-state index contributed by atoms with van der Waals surface area (Å²) in [5.41, 5.74) is 2.83. The van der Waals surface area contributed by atoms with E-state index in [9.17, 15) is 19.2 Å². The molecule has 2 rings (SSSR count). The van der Waals surface area contributed by atoms with Crippen LogP contribution in [0.25, 0.3) is 0 Å². The molecule has 0 bridgehead atoms. The van der Waals surface area contributed by atoms with Crippen LogP contribution in [0.3, 0.4) is 0 Å². The second-order valence-electron chi connectivity index (χ2n) is 7.73. The Morgan fingerprint density at radius 2 is 1.81 bits per heavy atom. The minimum Gasteiger partial charge on any atom is -0.391 e. The van der Waals surface area contributed by atoms with E-state index in [1.807, 2.05) is 7.05 Å². The standard InChI is InChI=1S/C24H33N3O5/c1-25-21-12-5-4-11-20(21)24(31)18-9-8-10-19(15-18)27-23(30)17-32-16-22(29)26-13-6-2-3-7-14-28/h8-10,14-15,25H,2-7,11-13,16-17H2,1H3,(H,26,29)(H,27,30). The zero-order valence-electron chi connectivity index (χ0n) is 18.7. The van der Waals surface area contributed by atoms with Crippen LogP contribution in [0.1, 0.15) is 61.7 Å². The van der Waals surface area contributed by atoms with E-state index in [0.29, 0.717) is 24.2 Å². The van der Waals surface area contributed by atoms with Gasteiger partial charge in [-0.15, -0.1) is 0 Å². The monoisotopic (exact) mass is 443 g/mol. The van der Waals surface area contributed by atoms with Crippen molar-refractivity contribution in [1.29, 1.82) is 0 Å². The molecule has 0 saturated carbocycles. The van der Waals surface area contributed by atoms with E-state index in [1.165, 1.54) is 0 Å². The summed E-state index contributed by atoms with van der Waals surface area (Å²) < 4.78 is 5.17. The first-order chi connectivity index (χ1) is 15.5. The second-order valence-corrected chi connectivity index (χ2v) is 7.73. The van der Waals surface area contributed by atoms with Gasteiger partial charge in [-0.05, 0) is 50.7 Å². The quantitative estimate of drug-likeness (QED) is 0.231. The average Bonchev–Trinajstić information content (AvgIpc) is 2.81. The number of amides is 2. The smallest absolute Gasteiger partial charge is 0.250 e. The Balaban J connectivity index is 1.76. The lowest BCUT2D eigenvalue weighted by atomic mass is 9.90. The van der Waals surface area contributed by atoms with E-state index in [4.69, 9.17) is 4.74 Å². The Labute approximate surface area is 189 Å². The number of nitrogens with one attached hydrogen (secondary N) is 3. The van der Waals surface area contributed by atoms with Crippen molar-refractivity contribution in [3.05, 3.63) is 41.1 Å². The molecule has 0 aliphatic heterocycles. The maximum atomic E-state index is 12.9. The molecule has 2 amide bonds. The Morgan fingerprint density at radius 1 is 1.03 bits per heavy atom. The van der Waals surface area contributed by atoms with Gasteiger partial charge in [0, 0.05) is 42.5 Å². The summed E-state index contributed by atoms with van der Waals surface area (Å²) >= 11 is 0. The molecule has 0 saturated heterocycles. The number of anilines is 1. The lowest BCUT2D eigenvalue weighted by molar-refractivity contribution is -0.128. The van der Waals surface area contributed by atoms with Crippen LogP contribution in [0.5, 0.6) is 0 Å². The number of hydrogen-bond donors (Lipinski definition) is 3. The van der Waals surface area contributed by atoms with Crippen molar-refractivity contribution in [2.75, 3.05) is 32.1 Å². The number of hydrogen-bond acceptors (Lipinski definition) is 6. The van der Waals surface area contributed by atoms with Crippen LogP contribution in [-0.2, 0) is 19.1 Å². The number of ketones is 1. The van der Waals surface area contributed by atoms with Crippen molar-refractivity contribution in [2.24, 2.45) is 0 Å². The van der Waals surface area contributed by atoms with E-state index in [2.05, 4.69) is 16.0 Å². The van der Waals surface area contributed by atoms with Crippen molar-refractivity contribution < 1.29 is 23.9 Å². The topological polar surface area (TPSA) is 114 Å². The van der Waals surface area contributed by atoms with Crippen molar-refractivity contribution in [3.8, 4) is 0 Å². The van der Waals surface area contributed by atoms with Crippen molar-refractivity contribution in [1.82, 2.24) is 10.6 Å². The van der Waals surface area contributed by atoms with Gasteiger partial charge in [0.25, 0.3) is 0 Å². The number of allylic oxidation sites excluding steroid dienone is 2. The predicted molar refractivity (Wildman–Crippen MR) is 122 cm³/mol. The Hall–Kier alpha value is -3.00. The van der Waals surface area contributed by atoms with Crippen LogP contribution in [0.15, 0.2) is 35.5 Å². The van der Waals surface area contributed by atoms with Gasteiger partial charge in [-0.25, -0.2) is 0 Å². The van der Waals surface area contributed by atoms with E-state index >= 15 is 0 Å². The van der Waals surface area contributed by atoms with Gasteiger partial charge in [-0.1, -0.05) is 18.6 Å². The summed E-state index contributed by atoms with van der Waals surface area (Å²) in [4.78, 5) is 47.0. The molecule has 8 nitrogen and oxygen atoms in total. The molecular weight excluding hydrogens is 410 g/mol. The summed E-state index contributed by atoms with van der Waals surface area (Å²) in [6.45, 7) is 0.0426. The van der Waals surface area contributed by atoms with Crippen molar-refractivity contribution in [3.63, 3.8) is 0 Å². The highest BCUT2D eigenvalue weighted by Gasteiger charge is 2.20. The number of benzene rings is 1. The van der Waals surface area contributed by atoms with Gasteiger partial charge in [0.15, 0.2) is 5.78 Å². The highest BCUT2D eigenvalue weighted by Crippen LogP contribution is 2.26. The summed E-state index contributed by atoms with van der Waals surface area (Å²) in [7, 11) is 1.83. The first kappa shape index (κ1) is 25.3. The number of Topliss-reactive ketones (excluding diaryl/α,β-unsaturated/α-hetero) is 1. The first-order valence-corrected chi connectivity index (χ1v) is 11.2. The van der Waals surface area contributed by atoms with Gasteiger partial charge >= 0.3 is 0 Å². The molecular formula is C24H33N3O5. The zero-order valence-corrected chi connectivity index (χ0v) is 18.7. The zero-order chi connectivity index (χ0) is 23.2. The molecule has 1 aliphatic carbocycles. The molecule has 0 unspecified atom stereocenters. The van der Waals surface area contributed by atoms with Crippen LogP contribution in [0, 0.1) is 0 Å². The summed E-state index contributed by atoms with van der Waals surface area (Å²) in [5, 5.41) is 8.55. The van der Waals surface area contributed by atoms with Gasteiger partial charge in [0.1, 0.15) is 19.5 Å². The highest BCUT2D eigenvalue weighted by molar-refractivity contribution is 6.10. The molecule has 0 atom stereocenters. The fourth-order valence-electron chi connectivity index (χ4n) is 3.59. The third-order valence-corrected chi connectivity index (χ3v) is 5.24. The molecule has 0 spiro atoms.